The highest BCUT2D eigenvalue weighted by molar-refractivity contribution is 7.89. The molecule has 25 heavy (non-hydrogen) atoms. The maximum Gasteiger partial charge on any atom is 0.243 e. The monoisotopic (exact) mass is 364 g/mol. The van der Waals surface area contributed by atoms with Gasteiger partial charge in [-0.3, -0.25) is 4.79 Å². The van der Waals surface area contributed by atoms with Gasteiger partial charge in [0.2, 0.25) is 15.9 Å². The van der Waals surface area contributed by atoms with E-state index >= 15 is 0 Å². The summed E-state index contributed by atoms with van der Waals surface area (Å²) in [6.07, 6.45) is 0. The summed E-state index contributed by atoms with van der Waals surface area (Å²) < 4.78 is 31.9. The van der Waals surface area contributed by atoms with Crippen LogP contribution in [-0.4, -0.2) is 51.5 Å². The summed E-state index contributed by atoms with van der Waals surface area (Å²) in [6.45, 7) is 3.87. The molecule has 0 unspecified atom stereocenters. The molecular weight excluding hydrogens is 340 g/mol. The Balaban J connectivity index is 2.20. The van der Waals surface area contributed by atoms with E-state index in [0.29, 0.717) is 6.61 Å². The molecule has 0 aromatic heterocycles. The van der Waals surface area contributed by atoms with Gasteiger partial charge in [0.25, 0.3) is 0 Å². The van der Waals surface area contributed by atoms with Crippen molar-refractivity contribution in [1.29, 1.82) is 0 Å². The molecule has 0 aliphatic rings. The van der Waals surface area contributed by atoms with Crippen molar-refractivity contribution < 1.29 is 17.9 Å². The average Bonchev–Trinajstić information content (AvgIpc) is 2.59. The zero-order chi connectivity index (χ0) is 18.4. The number of carbonyl (C=O) groups excluding carboxylic acids is 1. The second-order valence-electron chi connectivity index (χ2n) is 5.86. The number of sulfonamides is 1. The Bertz CT molecular complexity index is 836. The van der Waals surface area contributed by atoms with E-state index in [4.69, 9.17) is 4.74 Å². The fraction of sp³-hybridized carbons (Fsp3) is 0.389. The Labute approximate surface area is 148 Å². The molecule has 2 aromatic carbocycles. The van der Waals surface area contributed by atoms with Crippen molar-refractivity contribution in [3.05, 3.63) is 42.5 Å². The van der Waals surface area contributed by atoms with Gasteiger partial charge in [0.1, 0.15) is 0 Å². The van der Waals surface area contributed by atoms with Gasteiger partial charge in [-0.2, -0.15) is 4.31 Å². The molecule has 7 heteroatoms. The number of rotatable bonds is 8. The Morgan fingerprint density at radius 3 is 2.52 bits per heavy atom. The van der Waals surface area contributed by atoms with Crippen LogP contribution in [0.4, 0.5) is 0 Å². The molecule has 1 atom stereocenters. The van der Waals surface area contributed by atoms with Gasteiger partial charge in [-0.05, 0) is 29.8 Å². The lowest BCUT2D eigenvalue weighted by Crippen LogP contribution is -2.44. The molecule has 0 spiro atoms. The molecule has 2 rings (SSSR count). The summed E-state index contributed by atoms with van der Waals surface area (Å²) in [7, 11) is -2.20. The molecule has 0 bridgehead atoms. The number of fused-ring (bicyclic) bond motifs is 1. The van der Waals surface area contributed by atoms with Crippen LogP contribution in [0.15, 0.2) is 47.4 Å². The number of nitrogens with one attached hydrogen (secondary N) is 1. The highest BCUT2D eigenvalue weighted by Crippen LogP contribution is 2.21. The predicted octanol–water partition coefficient (Wildman–Crippen LogP) is 2.00. The van der Waals surface area contributed by atoms with Crippen LogP contribution in [0.25, 0.3) is 10.8 Å². The van der Waals surface area contributed by atoms with Crippen LogP contribution in [0.1, 0.15) is 13.8 Å². The zero-order valence-electron chi connectivity index (χ0n) is 14.7. The lowest BCUT2D eigenvalue weighted by molar-refractivity contribution is -0.122. The van der Waals surface area contributed by atoms with Crippen LogP contribution in [0.5, 0.6) is 0 Å². The van der Waals surface area contributed by atoms with Gasteiger partial charge >= 0.3 is 0 Å². The average molecular weight is 364 g/mol. The normalized spacial score (nSPS) is 13.1. The number of carbonyl (C=O) groups is 1. The maximum absolute atomic E-state index is 12.9. The topological polar surface area (TPSA) is 75.7 Å². The van der Waals surface area contributed by atoms with E-state index in [1.54, 1.807) is 39.2 Å². The van der Waals surface area contributed by atoms with E-state index in [-0.39, 0.29) is 29.9 Å². The van der Waals surface area contributed by atoms with E-state index in [1.165, 1.54) is 4.31 Å². The summed E-state index contributed by atoms with van der Waals surface area (Å²) in [5.41, 5.74) is 0. The van der Waals surface area contributed by atoms with Crippen molar-refractivity contribution >= 4 is 26.7 Å². The number of methoxy groups -OCH3 is 1. The van der Waals surface area contributed by atoms with Crippen molar-refractivity contribution in [1.82, 2.24) is 9.62 Å². The SMILES string of the molecule is CCN(CC(=O)N[C@@H](C)COC)S(=O)(=O)c1ccc2ccccc2c1. The fourth-order valence-electron chi connectivity index (χ4n) is 2.62. The Hall–Kier alpha value is -1.96. The summed E-state index contributed by atoms with van der Waals surface area (Å²) >= 11 is 0. The summed E-state index contributed by atoms with van der Waals surface area (Å²) in [5, 5.41) is 4.54. The van der Waals surface area contributed by atoms with Crippen LogP contribution in [0.3, 0.4) is 0 Å². The molecule has 0 heterocycles. The van der Waals surface area contributed by atoms with Crippen LogP contribution in [-0.2, 0) is 19.6 Å². The van der Waals surface area contributed by atoms with E-state index in [1.807, 2.05) is 24.3 Å². The lowest BCUT2D eigenvalue weighted by Gasteiger charge is -2.21. The third kappa shape index (κ3) is 4.78. The molecule has 136 valence electrons. The number of ether oxygens (including phenoxy) is 1. The Morgan fingerprint density at radius 1 is 1.20 bits per heavy atom. The van der Waals surface area contributed by atoms with Crippen LogP contribution in [0.2, 0.25) is 0 Å². The number of amides is 1. The van der Waals surface area contributed by atoms with Crippen LogP contribution >= 0.6 is 0 Å². The highest BCUT2D eigenvalue weighted by Gasteiger charge is 2.25. The third-order valence-corrected chi connectivity index (χ3v) is 5.77. The van der Waals surface area contributed by atoms with E-state index in [0.717, 1.165) is 10.8 Å². The maximum atomic E-state index is 12.9. The Kier molecular flexibility index (Phi) is 6.52. The quantitative estimate of drug-likeness (QED) is 0.777. The van der Waals surface area contributed by atoms with Crippen molar-refractivity contribution in [2.75, 3.05) is 26.8 Å². The lowest BCUT2D eigenvalue weighted by atomic mass is 10.1. The standard InChI is InChI=1S/C18H24N2O4S/c1-4-20(12-18(21)19-14(2)13-24-3)25(22,23)17-10-9-15-7-5-6-8-16(15)11-17/h5-11,14H,4,12-13H2,1-3H3,(H,19,21)/t14-/m0/s1. The molecule has 0 aliphatic heterocycles. The zero-order valence-corrected chi connectivity index (χ0v) is 15.5. The molecular formula is C18H24N2O4S. The van der Waals surface area contributed by atoms with Crippen LogP contribution < -0.4 is 5.32 Å². The van der Waals surface area contributed by atoms with Gasteiger partial charge in [0.05, 0.1) is 18.0 Å². The van der Waals surface area contributed by atoms with E-state index in [2.05, 4.69) is 5.32 Å². The second-order valence-corrected chi connectivity index (χ2v) is 7.80. The summed E-state index contributed by atoms with van der Waals surface area (Å²) in [6, 6.07) is 12.4. The summed E-state index contributed by atoms with van der Waals surface area (Å²) in [5.74, 6) is -0.351. The molecule has 6 nitrogen and oxygen atoms in total. The summed E-state index contributed by atoms with van der Waals surface area (Å²) in [4.78, 5) is 12.3. The first kappa shape index (κ1) is 19.4. The third-order valence-electron chi connectivity index (χ3n) is 3.86. The van der Waals surface area contributed by atoms with E-state index in [9.17, 15) is 13.2 Å². The number of nitrogens with zero attached hydrogens (tertiary/aromatic N) is 1. The van der Waals surface area contributed by atoms with Crippen molar-refractivity contribution in [2.45, 2.75) is 24.8 Å². The van der Waals surface area contributed by atoms with Crippen molar-refractivity contribution in [3.63, 3.8) is 0 Å². The van der Waals surface area contributed by atoms with Gasteiger partial charge in [-0.1, -0.05) is 37.3 Å². The van der Waals surface area contributed by atoms with Gasteiger partial charge in [0.15, 0.2) is 0 Å². The Morgan fingerprint density at radius 2 is 1.88 bits per heavy atom. The first-order valence-electron chi connectivity index (χ1n) is 8.15. The minimum absolute atomic E-state index is 0.181. The predicted molar refractivity (Wildman–Crippen MR) is 97.9 cm³/mol. The smallest absolute Gasteiger partial charge is 0.243 e. The van der Waals surface area contributed by atoms with Gasteiger partial charge in [0, 0.05) is 19.7 Å². The van der Waals surface area contributed by atoms with Crippen molar-refractivity contribution in [3.8, 4) is 0 Å². The van der Waals surface area contributed by atoms with E-state index < -0.39 is 10.0 Å². The molecule has 1 amide bonds. The number of hydrogen-bond donors (Lipinski definition) is 1. The molecule has 1 N–H and O–H groups in total. The molecule has 0 aliphatic carbocycles. The fourth-order valence-corrected chi connectivity index (χ4v) is 4.06. The molecule has 0 saturated carbocycles. The van der Waals surface area contributed by atoms with Gasteiger partial charge < -0.3 is 10.1 Å². The number of likely N-dealkylation sites (N-methyl/N-ethyl adjacent to an activating group) is 1. The highest BCUT2D eigenvalue weighted by atomic mass is 32.2. The molecule has 0 radical (unpaired) electrons. The second kappa shape index (κ2) is 8.42. The van der Waals surface area contributed by atoms with Gasteiger partial charge in [-0.25, -0.2) is 8.42 Å². The van der Waals surface area contributed by atoms with Crippen LogP contribution in [0, 0.1) is 0 Å². The van der Waals surface area contributed by atoms with Gasteiger partial charge in [-0.15, -0.1) is 0 Å². The molecule has 0 saturated heterocycles. The number of benzene rings is 2. The van der Waals surface area contributed by atoms with Crippen molar-refractivity contribution in [2.24, 2.45) is 0 Å². The minimum Gasteiger partial charge on any atom is -0.383 e. The minimum atomic E-state index is -3.74. The first-order chi connectivity index (χ1) is 11.9. The number of hydrogen-bond acceptors (Lipinski definition) is 4. The first-order valence-corrected chi connectivity index (χ1v) is 9.59. The molecule has 0 fully saturated rings. The largest absolute Gasteiger partial charge is 0.383 e. The molecule has 2 aromatic rings.